The molecule has 3 heterocycles. The Kier molecular flexibility index (Phi) is 4.20. The summed E-state index contributed by atoms with van der Waals surface area (Å²) in [5.41, 5.74) is -0.286. The Balaban J connectivity index is 1.52. The molecule has 2 N–H and O–H groups in total. The van der Waals surface area contributed by atoms with Crippen LogP contribution in [-0.4, -0.2) is 31.9 Å². The molecule has 0 unspecified atom stereocenters. The maximum absolute atomic E-state index is 12.7. The largest absolute Gasteiger partial charge is 0.434 e. The van der Waals surface area contributed by atoms with Gasteiger partial charge in [0.05, 0.1) is 11.9 Å². The average Bonchev–Trinajstić information content (AvgIpc) is 3.10. The number of carbonyl (C=O) groups excluding carboxylic acids is 1. The molecule has 0 spiro atoms. The number of nitrogens with zero attached hydrogens (tertiary/aromatic N) is 4. The van der Waals surface area contributed by atoms with E-state index in [-0.39, 0.29) is 11.9 Å². The van der Waals surface area contributed by atoms with Crippen LogP contribution in [-0.2, 0) is 26.2 Å². The summed E-state index contributed by atoms with van der Waals surface area (Å²) in [7, 11) is 1.74. The summed E-state index contributed by atoms with van der Waals surface area (Å²) >= 11 is 0. The highest BCUT2D eigenvalue weighted by Gasteiger charge is 2.35. The van der Waals surface area contributed by atoms with Crippen molar-refractivity contribution < 1.29 is 18.0 Å². The van der Waals surface area contributed by atoms with Crippen molar-refractivity contribution in [3.8, 4) is 0 Å². The predicted molar refractivity (Wildman–Crippen MR) is 79.3 cm³/mol. The molecule has 2 aromatic heterocycles. The normalized spacial score (nSPS) is 17.4. The van der Waals surface area contributed by atoms with Crippen LogP contribution >= 0.6 is 0 Å². The second kappa shape index (κ2) is 6.17. The van der Waals surface area contributed by atoms with Crippen LogP contribution in [0, 0.1) is 5.92 Å². The monoisotopic (exact) mass is 342 g/mol. The number of alkyl halides is 3. The lowest BCUT2D eigenvalue weighted by Crippen LogP contribution is -2.36. The van der Waals surface area contributed by atoms with Gasteiger partial charge in [-0.15, -0.1) is 0 Å². The molecular weight excluding hydrogens is 325 g/mol. The van der Waals surface area contributed by atoms with Gasteiger partial charge in [-0.25, -0.2) is 9.78 Å². The van der Waals surface area contributed by atoms with E-state index in [4.69, 9.17) is 0 Å². The number of amides is 2. The van der Waals surface area contributed by atoms with Gasteiger partial charge in [0, 0.05) is 39.0 Å². The van der Waals surface area contributed by atoms with E-state index < -0.39 is 11.9 Å². The van der Waals surface area contributed by atoms with Crippen molar-refractivity contribution in [1.29, 1.82) is 0 Å². The minimum Gasteiger partial charge on any atom is -0.338 e. The number of anilines is 1. The molecular formula is C14H17F3N6O. The standard InChI is InChI=1S/C14H17F3N6O/c1-22-7-10(5-19-22)20-13(24)18-4-9-2-3-12-21-11(14(15,16)17)8-23(12)6-9/h5,7-9H,2-4,6H2,1H3,(H2,18,20,24)/t9-/m0/s1. The first-order chi connectivity index (χ1) is 11.3. The number of aromatic nitrogens is 4. The molecule has 0 aromatic carbocycles. The van der Waals surface area contributed by atoms with Gasteiger partial charge in [-0.05, 0) is 12.3 Å². The molecule has 130 valence electrons. The van der Waals surface area contributed by atoms with Crippen molar-refractivity contribution >= 4 is 11.7 Å². The molecule has 3 rings (SSSR count). The van der Waals surface area contributed by atoms with E-state index in [0.717, 1.165) is 6.20 Å². The van der Waals surface area contributed by atoms with Crippen molar-refractivity contribution in [3.05, 3.63) is 30.1 Å². The fourth-order valence-electron chi connectivity index (χ4n) is 2.72. The number of urea groups is 1. The van der Waals surface area contributed by atoms with E-state index in [1.165, 1.54) is 10.8 Å². The third kappa shape index (κ3) is 3.69. The fraction of sp³-hybridized carbons (Fsp3) is 0.500. The molecule has 0 radical (unpaired) electrons. The lowest BCUT2D eigenvalue weighted by Gasteiger charge is -2.23. The second-order valence-electron chi connectivity index (χ2n) is 5.83. The minimum atomic E-state index is -4.43. The van der Waals surface area contributed by atoms with Crippen molar-refractivity contribution in [2.45, 2.75) is 25.6 Å². The number of rotatable bonds is 3. The quantitative estimate of drug-likeness (QED) is 0.896. The highest BCUT2D eigenvalue weighted by Crippen LogP contribution is 2.30. The van der Waals surface area contributed by atoms with Gasteiger partial charge in [0.25, 0.3) is 0 Å². The zero-order valence-corrected chi connectivity index (χ0v) is 13.0. The van der Waals surface area contributed by atoms with Gasteiger partial charge in [-0.2, -0.15) is 18.3 Å². The van der Waals surface area contributed by atoms with E-state index in [1.54, 1.807) is 17.9 Å². The van der Waals surface area contributed by atoms with E-state index in [1.807, 2.05) is 0 Å². The number of hydrogen-bond donors (Lipinski definition) is 2. The van der Waals surface area contributed by atoms with Crippen molar-refractivity contribution in [2.24, 2.45) is 13.0 Å². The fourth-order valence-corrected chi connectivity index (χ4v) is 2.72. The summed E-state index contributed by atoms with van der Waals surface area (Å²) in [6, 6.07) is -0.365. The van der Waals surface area contributed by atoms with Gasteiger partial charge in [-0.3, -0.25) is 4.68 Å². The Bertz CT molecular complexity index is 735. The number of halogens is 3. The molecule has 0 saturated heterocycles. The van der Waals surface area contributed by atoms with Crippen molar-refractivity contribution in [1.82, 2.24) is 24.6 Å². The summed E-state index contributed by atoms with van der Waals surface area (Å²) < 4.78 is 41.1. The van der Waals surface area contributed by atoms with Gasteiger partial charge < -0.3 is 15.2 Å². The van der Waals surface area contributed by atoms with E-state index in [2.05, 4.69) is 20.7 Å². The molecule has 2 aromatic rings. The first-order valence-electron chi connectivity index (χ1n) is 7.48. The van der Waals surface area contributed by atoms with Gasteiger partial charge in [0.2, 0.25) is 0 Å². The van der Waals surface area contributed by atoms with Gasteiger partial charge in [-0.1, -0.05) is 0 Å². The second-order valence-corrected chi connectivity index (χ2v) is 5.83. The Hall–Kier alpha value is -2.52. The molecule has 0 bridgehead atoms. The number of carbonyl (C=O) groups is 1. The third-order valence-electron chi connectivity index (χ3n) is 3.89. The summed E-state index contributed by atoms with van der Waals surface area (Å²) in [4.78, 5) is 15.5. The van der Waals surface area contributed by atoms with Crippen LogP contribution < -0.4 is 10.6 Å². The molecule has 2 amide bonds. The highest BCUT2D eigenvalue weighted by atomic mass is 19.4. The summed E-state index contributed by atoms with van der Waals surface area (Å²) in [5.74, 6) is 0.505. The van der Waals surface area contributed by atoms with Gasteiger partial charge in [0.1, 0.15) is 5.82 Å². The summed E-state index contributed by atoms with van der Waals surface area (Å²) in [6.45, 7) is 0.788. The first kappa shape index (κ1) is 16.3. The minimum absolute atomic E-state index is 0.0624. The first-order valence-corrected chi connectivity index (χ1v) is 7.48. The maximum Gasteiger partial charge on any atom is 0.434 e. The van der Waals surface area contributed by atoms with Crippen LogP contribution in [0.4, 0.5) is 23.7 Å². The average molecular weight is 342 g/mol. The molecule has 0 fully saturated rings. The molecule has 1 aliphatic heterocycles. The third-order valence-corrected chi connectivity index (χ3v) is 3.89. The number of imidazole rings is 1. The van der Waals surface area contributed by atoms with E-state index in [9.17, 15) is 18.0 Å². The molecule has 1 atom stereocenters. The molecule has 1 aliphatic rings. The van der Waals surface area contributed by atoms with E-state index >= 15 is 0 Å². The highest BCUT2D eigenvalue weighted by molar-refractivity contribution is 5.88. The Morgan fingerprint density at radius 2 is 2.21 bits per heavy atom. The Labute approximate surface area is 135 Å². The molecule has 0 saturated carbocycles. The van der Waals surface area contributed by atoms with Crippen molar-refractivity contribution in [3.63, 3.8) is 0 Å². The maximum atomic E-state index is 12.7. The lowest BCUT2D eigenvalue weighted by atomic mass is 9.99. The number of aryl methyl sites for hydroxylation is 2. The molecule has 7 nitrogen and oxygen atoms in total. The smallest absolute Gasteiger partial charge is 0.338 e. The van der Waals surface area contributed by atoms with Crippen LogP contribution in [0.2, 0.25) is 0 Å². The zero-order chi connectivity index (χ0) is 17.3. The van der Waals surface area contributed by atoms with E-state index in [0.29, 0.717) is 37.4 Å². The molecule has 0 aliphatic carbocycles. The lowest BCUT2D eigenvalue weighted by molar-refractivity contribution is -0.141. The topological polar surface area (TPSA) is 76.8 Å². The number of hydrogen-bond acceptors (Lipinski definition) is 3. The van der Waals surface area contributed by atoms with Crippen LogP contribution in [0.15, 0.2) is 18.6 Å². The van der Waals surface area contributed by atoms with Crippen LogP contribution in [0.25, 0.3) is 0 Å². The SMILES string of the molecule is Cn1cc(NC(=O)NC[C@@H]2CCc3nc(C(F)(F)F)cn3C2)cn1. The van der Waals surface area contributed by atoms with Crippen LogP contribution in [0.5, 0.6) is 0 Å². The van der Waals surface area contributed by atoms with Crippen LogP contribution in [0.1, 0.15) is 17.9 Å². The molecule has 24 heavy (non-hydrogen) atoms. The number of fused-ring (bicyclic) bond motifs is 1. The van der Waals surface area contributed by atoms with Crippen molar-refractivity contribution in [2.75, 3.05) is 11.9 Å². The van der Waals surface area contributed by atoms with Gasteiger partial charge in [0.15, 0.2) is 5.69 Å². The zero-order valence-electron chi connectivity index (χ0n) is 13.0. The number of nitrogens with one attached hydrogen (secondary N) is 2. The Morgan fingerprint density at radius 3 is 2.88 bits per heavy atom. The summed E-state index contributed by atoms with van der Waals surface area (Å²) in [5, 5.41) is 9.32. The van der Waals surface area contributed by atoms with Gasteiger partial charge >= 0.3 is 12.2 Å². The van der Waals surface area contributed by atoms with Crippen LogP contribution in [0.3, 0.4) is 0 Å². The molecule has 10 heteroatoms. The summed E-state index contributed by atoms with van der Waals surface area (Å²) in [6.07, 6.45) is 0.945. The Morgan fingerprint density at radius 1 is 1.42 bits per heavy atom. The predicted octanol–water partition coefficient (Wildman–Crippen LogP) is 2.02.